The maximum absolute atomic E-state index is 10.9. The van der Waals surface area contributed by atoms with Crippen molar-refractivity contribution in [2.24, 2.45) is 0 Å². The second kappa shape index (κ2) is 12.2. The van der Waals surface area contributed by atoms with Gasteiger partial charge >= 0.3 is 11.9 Å². The Labute approximate surface area is 120 Å². The van der Waals surface area contributed by atoms with Gasteiger partial charge in [-0.1, -0.05) is 56.9 Å². The molecule has 0 saturated heterocycles. The first-order chi connectivity index (χ1) is 9.57. The van der Waals surface area contributed by atoms with Crippen LogP contribution in [0.1, 0.15) is 51.9 Å². The maximum atomic E-state index is 10.9. The lowest BCUT2D eigenvalue weighted by atomic mass is 10.1. The molecule has 0 heterocycles. The van der Waals surface area contributed by atoms with Crippen LogP contribution in [0.2, 0.25) is 0 Å². The second-order valence-electron chi connectivity index (χ2n) is 4.57. The van der Waals surface area contributed by atoms with E-state index < -0.39 is 11.9 Å². The van der Waals surface area contributed by atoms with Gasteiger partial charge in [-0.3, -0.25) is 0 Å². The molecule has 0 atom stereocenters. The largest absolute Gasteiger partial charge is 0.478 e. The van der Waals surface area contributed by atoms with Crippen LogP contribution >= 0.6 is 0 Å². The van der Waals surface area contributed by atoms with E-state index >= 15 is 0 Å². The van der Waals surface area contributed by atoms with Crippen molar-refractivity contribution in [2.75, 3.05) is 0 Å². The fourth-order valence-electron chi connectivity index (χ4n) is 1.67. The third-order valence-electron chi connectivity index (χ3n) is 2.79. The Bertz CT molecular complexity index is 378. The predicted octanol–water partition coefficient (Wildman–Crippen LogP) is 3.95. The van der Waals surface area contributed by atoms with Crippen LogP contribution < -0.4 is 0 Å². The van der Waals surface area contributed by atoms with Crippen molar-refractivity contribution in [1.82, 2.24) is 0 Å². The molecule has 4 nitrogen and oxygen atoms in total. The van der Waals surface area contributed by atoms with E-state index in [1.54, 1.807) is 0 Å². The zero-order valence-corrected chi connectivity index (χ0v) is 12.0. The predicted molar refractivity (Wildman–Crippen MR) is 79.6 cm³/mol. The molecule has 0 bridgehead atoms. The van der Waals surface area contributed by atoms with E-state index in [2.05, 4.69) is 6.92 Å². The van der Waals surface area contributed by atoms with E-state index in [-0.39, 0.29) is 5.57 Å². The molecule has 0 fully saturated rings. The quantitative estimate of drug-likeness (QED) is 0.260. The number of hydrogen-bond acceptors (Lipinski definition) is 2. The number of carbonyl (C=O) groups is 2. The summed E-state index contributed by atoms with van der Waals surface area (Å²) in [5.41, 5.74) is 0.185. The first kappa shape index (κ1) is 18.2. The average Bonchev–Trinajstić information content (AvgIpc) is 2.39. The van der Waals surface area contributed by atoms with Gasteiger partial charge in [-0.05, 0) is 19.3 Å². The van der Waals surface area contributed by atoms with Crippen LogP contribution in [0.3, 0.4) is 0 Å². The Morgan fingerprint density at radius 2 is 1.70 bits per heavy atom. The van der Waals surface area contributed by atoms with Gasteiger partial charge in [0.05, 0.1) is 0 Å². The molecule has 112 valence electrons. The molecule has 0 aliphatic carbocycles. The molecular weight excluding hydrogens is 256 g/mol. The van der Waals surface area contributed by atoms with Gasteiger partial charge in [-0.2, -0.15) is 0 Å². The summed E-state index contributed by atoms with van der Waals surface area (Å²) >= 11 is 0. The lowest BCUT2D eigenvalue weighted by molar-refractivity contribution is -0.133. The Morgan fingerprint density at radius 1 is 1.00 bits per heavy atom. The molecule has 0 amide bonds. The van der Waals surface area contributed by atoms with Crippen molar-refractivity contribution < 1.29 is 19.8 Å². The van der Waals surface area contributed by atoms with Gasteiger partial charge in [-0.25, -0.2) is 9.59 Å². The fourth-order valence-corrected chi connectivity index (χ4v) is 1.67. The Hall–Kier alpha value is -1.84. The summed E-state index contributed by atoms with van der Waals surface area (Å²) in [6, 6.07) is 0. The summed E-state index contributed by atoms with van der Waals surface area (Å²) < 4.78 is 0. The summed E-state index contributed by atoms with van der Waals surface area (Å²) in [6.07, 6.45) is 14.7. The number of unbranched alkanes of at least 4 members (excludes halogenated alkanes) is 5. The minimum absolute atomic E-state index is 0.185. The highest BCUT2D eigenvalue weighted by molar-refractivity contribution is 5.87. The van der Waals surface area contributed by atoms with Crippen LogP contribution in [-0.2, 0) is 9.59 Å². The fraction of sp³-hybridized carbons (Fsp3) is 0.500. The molecule has 0 unspecified atom stereocenters. The molecule has 0 aromatic rings. The summed E-state index contributed by atoms with van der Waals surface area (Å²) in [5.74, 6) is -2.11. The molecule has 2 N–H and O–H groups in total. The minimum Gasteiger partial charge on any atom is -0.478 e. The van der Waals surface area contributed by atoms with Gasteiger partial charge in [0.15, 0.2) is 0 Å². The van der Waals surface area contributed by atoms with Gasteiger partial charge < -0.3 is 10.2 Å². The molecule has 0 aliphatic rings. The monoisotopic (exact) mass is 280 g/mol. The molecular formula is C16H24O4. The number of rotatable bonds is 11. The summed E-state index contributed by atoms with van der Waals surface area (Å²) in [4.78, 5) is 21.2. The van der Waals surface area contributed by atoms with Crippen LogP contribution in [0.25, 0.3) is 0 Å². The van der Waals surface area contributed by atoms with Crippen LogP contribution in [0, 0.1) is 0 Å². The Balaban J connectivity index is 4.03. The van der Waals surface area contributed by atoms with Gasteiger partial charge in [0.25, 0.3) is 0 Å². The van der Waals surface area contributed by atoms with Crippen molar-refractivity contribution >= 4 is 11.9 Å². The third-order valence-corrected chi connectivity index (χ3v) is 2.79. The molecule has 4 heteroatoms. The van der Waals surface area contributed by atoms with Crippen LogP contribution in [-0.4, -0.2) is 22.2 Å². The van der Waals surface area contributed by atoms with Gasteiger partial charge in [0, 0.05) is 11.6 Å². The van der Waals surface area contributed by atoms with Crippen molar-refractivity contribution in [2.45, 2.75) is 51.9 Å². The van der Waals surface area contributed by atoms with E-state index in [4.69, 9.17) is 10.2 Å². The van der Waals surface area contributed by atoms with Gasteiger partial charge in [-0.15, -0.1) is 0 Å². The average molecular weight is 280 g/mol. The molecule has 0 rings (SSSR count). The molecule has 0 aliphatic heterocycles. The summed E-state index contributed by atoms with van der Waals surface area (Å²) in [6.45, 7) is 2.18. The molecule has 20 heavy (non-hydrogen) atoms. The SMILES string of the molecule is CCCCCCCC=CCC(=CC=CC(=O)O)C(=O)O. The van der Waals surface area contributed by atoms with E-state index in [0.717, 1.165) is 18.9 Å². The summed E-state index contributed by atoms with van der Waals surface area (Å²) in [5, 5.41) is 17.4. The van der Waals surface area contributed by atoms with E-state index in [1.165, 1.54) is 37.8 Å². The highest BCUT2D eigenvalue weighted by Gasteiger charge is 2.03. The van der Waals surface area contributed by atoms with Crippen LogP contribution in [0.15, 0.2) is 36.0 Å². The smallest absolute Gasteiger partial charge is 0.331 e. The Morgan fingerprint density at radius 3 is 2.30 bits per heavy atom. The standard InChI is InChI=1S/C16H24O4/c1-2-3-4-5-6-7-8-9-11-14(16(19)20)12-10-13-15(17)18/h8-10,12-13H,2-7,11H2,1H3,(H,17,18)(H,19,20). The zero-order valence-electron chi connectivity index (χ0n) is 12.0. The normalized spacial score (nSPS) is 12.3. The highest BCUT2D eigenvalue weighted by Crippen LogP contribution is 2.08. The van der Waals surface area contributed by atoms with Crippen LogP contribution in [0.4, 0.5) is 0 Å². The number of hydrogen-bond donors (Lipinski definition) is 2. The van der Waals surface area contributed by atoms with E-state index in [0.29, 0.717) is 6.42 Å². The first-order valence-electron chi connectivity index (χ1n) is 7.06. The molecule has 0 spiro atoms. The second-order valence-corrected chi connectivity index (χ2v) is 4.57. The zero-order chi connectivity index (χ0) is 15.2. The molecule has 0 radical (unpaired) electrons. The minimum atomic E-state index is -1.09. The summed E-state index contributed by atoms with van der Waals surface area (Å²) in [7, 11) is 0. The highest BCUT2D eigenvalue weighted by atomic mass is 16.4. The van der Waals surface area contributed by atoms with Crippen molar-refractivity contribution in [3.63, 3.8) is 0 Å². The van der Waals surface area contributed by atoms with Gasteiger partial charge in [0.2, 0.25) is 0 Å². The third kappa shape index (κ3) is 11.3. The number of allylic oxidation sites excluding steroid dienone is 4. The first-order valence-corrected chi connectivity index (χ1v) is 7.06. The Kier molecular flexibility index (Phi) is 11.1. The topological polar surface area (TPSA) is 74.6 Å². The van der Waals surface area contributed by atoms with Crippen LogP contribution in [0.5, 0.6) is 0 Å². The maximum Gasteiger partial charge on any atom is 0.331 e. The molecule has 0 aromatic heterocycles. The number of aliphatic carboxylic acids is 2. The molecule has 0 aromatic carbocycles. The van der Waals surface area contributed by atoms with Crippen molar-refractivity contribution in [3.05, 3.63) is 36.0 Å². The lowest BCUT2D eigenvalue weighted by Crippen LogP contribution is -1.99. The number of carboxylic acid groups (broad SMARTS) is 2. The molecule has 0 saturated carbocycles. The lowest BCUT2D eigenvalue weighted by Gasteiger charge is -1.97. The van der Waals surface area contributed by atoms with E-state index in [1.807, 2.05) is 12.2 Å². The van der Waals surface area contributed by atoms with Gasteiger partial charge in [0.1, 0.15) is 0 Å². The number of carboxylic acids is 2. The van der Waals surface area contributed by atoms with E-state index in [9.17, 15) is 9.59 Å². The van der Waals surface area contributed by atoms with Crippen molar-refractivity contribution in [1.29, 1.82) is 0 Å². The van der Waals surface area contributed by atoms with Crippen molar-refractivity contribution in [3.8, 4) is 0 Å².